The van der Waals surface area contributed by atoms with Crippen molar-refractivity contribution < 1.29 is 4.42 Å². The van der Waals surface area contributed by atoms with E-state index in [0.29, 0.717) is 24.4 Å². The van der Waals surface area contributed by atoms with Crippen LogP contribution in [-0.4, -0.2) is 28.2 Å². The van der Waals surface area contributed by atoms with Crippen LogP contribution in [0.5, 0.6) is 0 Å². The van der Waals surface area contributed by atoms with E-state index in [1.54, 1.807) is 0 Å². The zero-order valence-corrected chi connectivity index (χ0v) is 13.7. The summed E-state index contributed by atoms with van der Waals surface area (Å²) < 4.78 is 6.62. The molecule has 1 atom stereocenters. The predicted octanol–water partition coefficient (Wildman–Crippen LogP) is 3.59. The number of likely N-dealkylation sites (N-methyl/N-ethyl adjacent to an activating group) is 1. The van der Waals surface area contributed by atoms with Crippen molar-refractivity contribution in [2.75, 3.05) is 7.05 Å². The normalized spacial score (nSPS) is 12.8. The maximum Gasteiger partial charge on any atom is 0.230 e. The molecule has 1 aromatic carbocycles. The third-order valence-corrected chi connectivity index (χ3v) is 4.23. The smallest absolute Gasteiger partial charge is 0.230 e. The SMILES string of the molecule is CCC(Cc1ccccc1Br)N(C)Cc1nnc(C)o1. The van der Waals surface area contributed by atoms with Crippen LogP contribution in [0.1, 0.15) is 30.7 Å². The fraction of sp³-hybridized carbons (Fsp3) is 0.467. The molecular weight excluding hydrogens is 318 g/mol. The molecule has 20 heavy (non-hydrogen) atoms. The molecule has 0 fully saturated rings. The highest BCUT2D eigenvalue weighted by Crippen LogP contribution is 2.20. The molecule has 0 spiro atoms. The zero-order chi connectivity index (χ0) is 14.5. The lowest BCUT2D eigenvalue weighted by molar-refractivity contribution is 0.204. The van der Waals surface area contributed by atoms with Gasteiger partial charge in [-0.2, -0.15) is 0 Å². The van der Waals surface area contributed by atoms with Crippen LogP contribution in [0.3, 0.4) is 0 Å². The van der Waals surface area contributed by atoms with E-state index in [4.69, 9.17) is 4.42 Å². The van der Waals surface area contributed by atoms with Crippen LogP contribution in [0.15, 0.2) is 33.2 Å². The second-order valence-electron chi connectivity index (χ2n) is 4.99. The molecule has 0 bridgehead atoms. The summed E-state index contributed by atoms with van der Waals surface area (Å²) in [6.07, 6.45) is 2.08. The molecule has 0 amide bonds. The minimum absolute atomic E-state index is 0.445. The first kappa shape index (κ1) is 15.2. The Kier molecular flexibility index (Phi) is 5.31. The van der Waals surface area contributed by atoms with Crippen LogP contribution < -0.4 is 0 Å². The van der Waals surface area contributed by atoms with E-state index in [0.717, 1.165) is 12.8 Å². The maximum absolute atomic E-state index is 5.45. The Labute approximate surface area is 128 Å². The molecule has 0 saturated carbocycles. The lowest BCUT2D eigenvalue weighted by atomic mass is 10.0. The Bertz CT molecular complexity index is 556. The van der Waals surface area contributed by atoms with Crippen molar-refractivity contribution in [3.8, 4) is 0 Å². The van der Waals surface area contributed by atoms with Gasteiger partial charge in [0, 0.05) is 17.4 Å². The topological polar surface area (TPSA) is 42.2 Å². The van der Waals surface area contributed by atoms with Gasteiger partial charge in [-0.1, -0.05) is 41.1 Å². The van der Waals surface area contributed by atoms with Crippen molar-refractivity contribution >= 4 is 15.9 Å². The summed E-state index contributed by atoms with van der Waals surface area (Å²) in [5.41, 5.74) is 1.33. The van der Waals surface area contributed by atoms with Gasteiger partial charge in [0.25, 0.3) is 0 Å². The van der Waals surface area contributed by atoms with Crippen LogP contribution >= 0.6 is 15.9 Å². The van der Waals surface area contributed by atoms with E-state index in [9.17, 15) is 0 Å². The first-order valence-electron chi connectivity index (χ1n) is 6.82. The van der Waals surface area contributed by atoms with Crippen molar-refractivity contribution in [2.24, 2.45) is 0 Å². The summed E-state index contributed by atoms with van der Waals surface area (Å²) in [6.45, 7) is 4.70. The molecule has 5 heteroatoms. The molecule has 0 radical (unpaired) electrons. The Morgan fingerprint density at radius 3 is 2.65 bits per heavy atom. The number of hydrogen-bond acceptors (Lipinski definition) is 4. The number of aromatic nitrogens is 2. The Hall–Kier alpha value is -1.20. The highest BCUT2D eigenvalue weighted by molar-refractivity contribution is 9.10. The molecule has 0 aliphatic carbocycles. The molecule has 0 saturated heterocycles. The molecule has 0 aliphatic rings. The van der Waals surface area contributed by atoms with Crippen molar-refractivity contribution in [3.05, 3.63) is 46.1 Å². The van der Waals surface area contributed by atoms with Gasteiger partial charge >= 0.3 is 0 Å². The van der Waals surface area contributed by atoms with Crippen molar-refractivity contribution in [3.63, 3.8) is 0 Å². The van der Waals surface area contributed by atoms with Gasteiger partial charge in [0.15, 0.2) is 0 Å². The van der Waals surface area contributed by atoms with Crippen LogP contribution in [-0.2, 0) is 13.0 Å². The quantitative estimate of drug-likeness (QED) is 0.807. The van der Waals surface area contributed by atoms with Gasteiger partial charge in [0.2, 0.25) is 11.8 Å². The second kappa shape index (κ2) is 6.99. The van der Waals surface area contributed by atoms with Crippen LogP contribution in [0, 0.1) is 6.92 Å². The third-order valence-electron chi connectivity index (χ3n) is 3.46. The molecule has 4 nitrogen and oxygen atoms in total. The molecule has 1 heterocycles. The summed E-state index contributed by atoms with van der Waals surface area (Å²) in [4.78, 5) is 2.27. The average molecular weight is 338 g/mol. The Morgan fingerprint density at radius 2 is 2.05 bits per heavy atom. The minimum Gasteiger partial charge on any atom is -0.424 e. The summed E-state index contributed by atoms with van der Waals surface area (Å²) >= 11 is 3.61. The van der Waals surface area contributed by atoms with E-state index in [2.05, 4.69) is 63.2 Å². The third kappa shape index (κ3) is 3.90. The zero-order valence-electron chi connectivity index (χ0n) is 12.1. The molecule has 108 valence electrons. The van der Waals surface area contributed by atoms with Gasteiger partial charge in [-0.05, 0) is 31.5 Å². The van der Waals surface area contributed by atoms with Crippen LogP contribution in [0.2, 0.25) is 0 Å². The molecule has 2 rings (SSSR count). The van der Waals surface area contributed by atoms with Gasteiger partial charge in [0.05, 0.1) is 6.54 Å². The number of halogens is 1. The lowest BCUT2D eigenvalue weighted by Crippen LogP contribution is -2.32. The lowest BCUT2D eigenvalue weighted by Gasteiger charge is -2.26. The van der Waals surface area contributed by atoms with Gasteiger partial charge in [-0.15, -0.1) is 10.2 Å². The average Bonchev–Trinajstić information content (AvgIpc) is 2.83. The Balaban J connectivity index is 2.02. The first-order chi connectivity index (χ1) is 9.60. The van der Waals surface area contributed by atoms with Crippen molar-refractivity contribution in [2.45, 2.75) is 39.3 Å². The Morgan fingerprint density at radius 1 is 1.30 bits per heavy atom. The van der Waals surface area contributed by atoms with E-state index in [-0.39, 0.29) is 0 Å². The van der Waals surface area contributed by atoms with Gasteiger partial charge in [-0.3, -0.25) is 4.90 Å². The van der Waals surface area contributed by atoms with Gasteiger partial charge < -0.3 is 4.42 Å². The fourth-order valence-electron chi connectivity index (χ4n) is 2.27. The maximum atomic E-state index is 5.45. The predicted molar refractivity (Wildman–Crippen MR) is 82.4 cm³/mol. The monoisotopic (exact) mass is 337 g/mol. The van der Waals surface area contributed by atoms with Crippen LogP contribution in [0.25, 0.3) is 0 Å². The highest BCUT2D eigenvalue weighted by atomic mass is 79.9. The molecular formula is C15H20BrN3O. The second-order valence-corrected chi connectivity index (χ2v) is 5.84. The largest absolute Gasteiger partial charge is 0.424 e. The van der Waals surface area contributed by atoms with Crippen LogP contribution in [0.4, 0.5) is 0 Å². The molecule has 1 aromatic heterocycles. The van der Waals surface area contributed by atoms with Gasteiger partial charge in [-0.25, -0.2) is 0 Å². The number of aryl methyl sites for hydroxylation is 1. The minimum atomic E-state index is 0.445. The van der Waals surface area contributed by atoms with Crippen molar-refractivity contribution in [1.82, 2.24) is 15.1 Å². The number of benzene rings is 1. The fourth-order valence-corrected chi connectivity index (χ4v) is 2.72. The number of hydrogen-bond donors (Lipinski definition) is 0. The standard InChI is InChI=1S/C15H20BrN3O/c1-4-13(9-12-7-5-6-8-14(12)16)19(3)10-15-18-17-11(2)20-15/h5-8,13H,4,9-10H2,1-3H3. The molecule has 0 N–H and O–H groups in total. The molecule has 1 unspecified atom stereocenters. The number of rotatable bonds is 6. The molecule has 2 aromatic rings. The van der Waals surface area contributed by atoms with Crippen molar-refractivity contribution in [1.29, 1.82) is 0 Å². The first-order valence-corrected chi connectivity index (χ1v) is 7.62. The summed E-state index contributed by atoms with van der Waals surface area (Å²) in [7, 11) is 2.10. The number of nitrogens with zero attached hydrogens (tertiary/aromatic N) is 3. The van der Waals surface area contributed by atoms with E-state index >= 15 is 0 Å². The summed E-state index contributed by atoms with van der Waals surface area (Å²) in [6, 6.07) is 8.81. The highest BCUT2D eigenvalue weighted by Gasteiger charge is 2.17. The molecule has 0 aliphatic heterocycles. The van der Waals surface area contributed by atoms with E-state index in [1.807, 2.05) is 13.0 Å². The summed E-state index contributed by atoms with van der Waals surface area (Å²) in [5, 5.41) is 7.93. The van der Waals surface area contributed by atoms with Gasteiger partial charge in [0.1, 0.15) is 0 Å². The summed E-state index contributed by atoms with van der Waals surface area (Å²) in [5.74, 6) is 1.29. The van der Waals surface area contributed by atoms with E-state index < -0.39 is 0 Å². The van der Waals surface area contributed by atoms with E-state index in [1.165, 1.54) is 10.0 Å².